The zero-order chi connectivity index (χ0) is 7.84. The van der Waals surface area contributed by atoms with Crippen LogP contribution in [0.15, 0.2) is 0 Å². The van der Waals surface area contributed by atoms with Crippen molar-refractivity contribution in [2.45, 2.75) is 37.6 Å². The lowest BCUT2D eigenvalue weighted by molar-refractivity contribution is -0.0147. The van der Waals surface area contributed by atoms with E-state index in [-0.39, 0.29) is 6.10 Å². The molecule has 62 valence electrons. The SMILES string of the molecule is O=C1O[C@H]2[C@H](O)CCC[C@H]2O1. The predicted molar refractivity (Wildman–Crippen MR) is 35.0 cm³/mol. The Morgan fingerprint density at radius 3 is 2.91 bits per heavy atom. The average Bonchev–Trinajstić information content (AvgIpc) is 2.31. The monoisotopic (exact) mass is 158 g/mol. The summed E-state index contributed by atoms with van der Waals surface area (Å²) in [5.74, 6) is 0. The number of carbonyl (C=O) groups is 1. The van der Waals surface area contributed by atoms with Crippen molar-refractivity contribution >= 4 is 6.16 Å². The van der Waals surface area contributed by atoms with E-state index in [1.165, 1.54) is 0 Å². The van der Waals surface area contributed by atoms with Crippen LogP contribution in [0.2, 0.25) is 0 Å². The van der Waals surface area contributed by atoms with Gasteiger partial charge in [0.05, 0.1) is 6.10 Å². The number of carbonyl (C=O) groups excluding carboxylic acids is 1. The lowest BCUT2D eigenvalue weighted by Crippen LogP contribution is -2.38. The number of hydrogen-bond donors (Lipinski definition) is 1. The highest BCUT2D eigenvalue weighted by molar-refractivity contribution is 5.62. The van der Waals surface area contributed by atoms with E-state index in [0.717, 1.165) is 12.8 Å². The zero-order valence-electron chi connectivity index (χ0n) is 6.03. The first-order valence-corrected chi connectivity index (χ1v) is 3.83. The quantitative estimate of drug-likeness (QED) is 0.519. The van der Waals surface area contributed by atoms with Crippen LogP contribution in [0.3, 0.4) is 0 Å². The summed E-state index contributed by atoms with van der Waals surface area (Å²) in [6.07, 6.45) is 0.646. The molecule has 1 aliphatic heterocycles. The van der Waals surface area contributed by atoms with Crippen molar-refractivity contribution in [1.29, 1.82) is 0 Å². The molecule has 0 aromatic heterocycles. The second-order valence-corrected chi connectivity index (χ2v) is 2.99. The predicted octanol–water partition coefficient (Wildman–Crippen LogP) is 0.435. The molecule has 2 fully saturated rings. The summed E-state index contributed by atoms with van der Waals surface area (Å²) in [5, 5.41) is 9.34. The molecule has 2 rings (SSSR count). The molecule has 0 radical (unpaired) electrons. The van der Waals surface area contributed by atoms with Crippen LogP contribution in [-0.4, -0.2) is 29.6 Å². The minimum atomic E-state index is -0.638. The van der Waals surface area contributed by atoms with Gasteiger partial charge in [0.25, 0.3) is 0 Å². The highest BCUT2D eigenvalue weighted by atomic mass is 16.8. The van der Waals surface area contributed by atoms with E-state index in [4.69, 9.17) is 9.47 Å². The van der Waals surface area contributed by atoms with Gasteiger partial charge in [-0.3, -0.25) is 0 Å². The van der Waals surface area contributed by atoms with Crippen LogP contribution in [0.5, 0.6) is 0 Å². The minimum absolute atomic E-state index is 0.203. The van der Waals surface area contributed by atoms with Crippen LogP contribution >= 0.6 is 0 Å². The lowest BCUT2D eigenvalue weighted by atomic mass is 9.92. The van der Waals surface area contributed by atoms with Crippen molar-refractivity contribution < 1.29 is 19.4 Å². The van der Waals surface area contributed by atoms with Gasteiger partial charge in [0.15, 0.2) is 6.10 Å². The number of rotatable bonds is 0. The Kier molecular flexibility index (Phi) is 1.49. The summed E-state index contributed by atoms with van der Waals surface area (Å²) < 4.78 is 9.58. The van der Waals surface area contributed by atoms with Gasteiger partial charge in [-0.15, -0.1) is 0 Å². The zero-order valence-corrected chi connectivity index (χ0v) is 6.03. The van der Waals surface area contributed by atoms with Crippen molar-refractivity contribution in [2.75, 3.05) is 0 Å². The first-order chi connectivity index (χ1) is 5.27. The van der Waals surface area contributed by atoms with Crippen LogP contribution in [0.4, 0.5) is 4.79 Å². The molecule has 1 saturated carbocycles. The Labute approximate surface area is 64.1 Å². The summed E-state index contributed by atoms with van der Waals surface area (Å²) in [6, 6.07) is 0. The smallest absolute Gasteiger partial charge is 0.427 e. The fourth-order valence-electron chi connectivity index (χ4n) is 1.65. The molecular weight excluding hydrogens is 148 g/mol. The molecule has 1 aliphatic carbocycles. The van der Waals surface area contributed by atoms with E-state index in [1.54, 1.807) is 0 Å². The molecule has 0 aromatic carbocycles. The molecule has 4 heteroatoms. The van der Waals surface area contributed by atoms with Crippen molar-refractivity contribution in [3.63, 3.8) is 0 Å². The summed E-state index contributed by atoms with van der Waals surface area (Å²) in [5.41, 5.74) is 0. The highest BCUT2D eigenvalue weighted by Crippen LogP contribution is 2.29. The molecule has 3 atom stereocenters. The Hall–Kier alpha value is -0.770. The first-order valence-electron chi connectivity index (χ1n) is 3.83. The van der Waals surface area contributed by atoms with E-state index in [2.05, 4.69) is 0 Å². The van der Waals surface area contributed by atoms with Gasteiger partial charge in [-0.25, -0.2) is 4.79 Å². The van der Waals surface area contributed by atoms with E-state index < -0.39 is 18.4 Å². The lowest BCUT2D eigenvalue weighted by Gasteiger charge is -2.25. The first kappa shape index (κ1) is 6.91. The summed E-state index contributed by atoms with van der Waals surface area (Å²) >= 11 is 0. The molecule has 1 N–H and O–H groups in total. The fourth-order valence-corrected chi connectivity index (χ4v) is 1.65. The second kappa shape index (κ2) is 2.37. The van der Waals surface area contributed by atoms with Crippen molar-refractivity contribution in [3.8, 4) is 0 Å². The Morgan fingerprint density at radius 1 is 1.36 bits per heavy atom. The molecule has 11 heavy (non-hydrogen) atoms. The van der Waals surface area contributed by atoms with Gasteiger partial charge in [0, 0.05) is 0 Å². The Bertz CT molecular complexity index is 179. The topological polar surface area (TPSA) is 55.8 Å². The maximum atomic E-state index is 10.6. The summed E-state index contributed by atoms with van der Waals surface area (Å²) in [4.78, 5) is 10.6. The van der Waals surface area contributed by atoms with Crippen LogP contribution in [0, 0.1) is 0 Å². The van der Waals surface area contributed by atoms with Crippen molar-refractivity contribution in [2.24, 2.45) is 0 Å². The number of hydrogen-bond acceptors (Lipinski definition) is 4. The second-order valence-electron chi connectivity index (χ2n) is 2.99. The Balaban J connectivity index is 2.09. The van der Waals surface area contributed by atoms with E-state index in [0.29, 0.717) is 6.42 Å². The van der Waals surface area contributed by atoms with Gasteiger partial charge < -0.3 is 14.6 Å². The summed E-state index contributed by atoms with van der Waals surface area (Å²) in [6.45, 7) is 0. The van der Waals surface area contributed by atoms with Crippen molar-refractivity contribution in [3.05, 3.63) is 0 Å². The number of ether oxygens (including phenoxy) is 2. The molecule has 0 aromatic rings. The van der Waals surface area contributed by atoms with Crippen LogP contribution < -0.4 is 0 Å². The Morgan fingerprint density at radius 2 is 2.18 bits per heavy atom. The third-order valence-electron chi connectivity index (χ3n) is 2.21. The highest BCUT2D eigenvalue weighted by Gasteiger charge is 2.43. The molecule has 0 amide bonds. The van der Waals surface area contributed by atoms with E-state index >= 15 is 0 Å². The van der Waals surface area contributed by atoms with E-state index in [9.17, 15) is 9.90 Å². The van der Waals surface area contributed by atoms with Gasteiger partial charge in [-0.2, -0.15) is 0 Å². The van der Waals surface area contributed by atoms with Crippen LogP contribution in [0.1, 0.15) is 19.3 Å². The largest absolute Gasteiger partial charge is 0.509 e. The molecule has 0 unspecified atom stereocenters. The maximum absolute atomic E-state index is 10.6. The molecule has 4 nitrogen and oxygen atoms in total. The molecule has 1 heterocycles. The van der Waals surface area contributed by atoms with Gasteiger partial charge in [-0.1, -0.05) is 0 Å². The fraction of sp³-hybridized carbons (Fsp3) is 0.857. The average molecular weight is 158 g/mol. The number of fused-ring (bicyclic) bond motifs is 1. The normalized spacial score (nSPS) is 42.6. The van der Waals surface area contributed by atoms with Gasteiger partial charge in [0.1, 0.15) is 6.10 Å². The third-order valence-corrected chi connectivity index (χ3v) is 2.21. The molecule has 0 spiro atoms. The number of aliphatic hydroxyl groups is 1. The summed E-state index contributed by atoms with van der Waals surface area (Å²) in [7, 11) is 0. The molecule has 0 bridgehead atoms. The van der Waals surface area contributed by atoms with Crippen LogP contribution in [-0.2, 0) is 9.47 Å². The van der Waals surface area contributed by atoms with E-state index in [1.807, 2.05) is 0 Å². The third kappa shape index (κ3) is 1.07. The molecule has 1 saturated heterocycles. The standard InChI is InChI=1S/C7H10O4/c8-4-2-1-3-5-6(4)11-7(9)10-5/h4-6,8H,1-3H2/t4-,5-,6+/m1/s1. The number of aliphatic hydroxyl groups excluding tert-OH is 1. The maximum Gasteiger partial charge on any atom is 0.509 e. The molecular formula is C7H10O4. The minimum Gasteiger partial charge on any atom is -0.427 e. The van der Waals surface area contributed by atoms with Crippen LogP contribution in [0.25, 0.3) is 0 Å². The van der Waals surface area contributed by atoms with Crippen molar-refractivity contribution in [1.82, 2.24) is 0 Å². The van der Waals surface area contributed by atoms with Gasteiger partial charge >= 0.3 is 6.16 Å². The van der Waals surface area contributed by atoms with Gasteiger partial charge in [-0.05, 0) is 19.3 Å². The van der Waals surface area contributed by atoms with Gasteiger partial charge in [0.2, 0.25) is 0 Å². The molecule has 2 aliphatic rings.